The highest BCUT2D eigenvalue weighted by Gasteiger charge is 2.18. The second-order valence-corrected chi connectivity index (χ2v) is 6.98. The molecule has 0 fully saturated rings. The maximum absolute atomic E-state index is 12.4. The third-order valence-electron chi connectivity index (χ3n) is 4.31. The van der Waals surface area contributed by atoms with Crippen molar-refractivity contribution in [2.75, 3.05) is 22.1 Å². The first kappa shape index (κ1) is 21.2. The number of aryl methyl sites for hydroxylation is 3. The fourth-order valence-electron chi connectivity index (χ4n) is 3.34. The highest BCUT2D eigenvalue weighted by molar-refractivity contribution is 5.96. The summed E-state index contributed by atoms with van der Waals surface area (Å²) < 4.78 is 0. The zero-order chi connectivity index (χ0) is 20.8. The third kappa shape index (κ3) is 5.67. The van der Waals surface area contributed by atoms with E-state index in [2.05, 4.69) is 10.6 Å². The van der Waals surface area contributed by atoms with E-state index in [0.717, 1.165) is 22.4 Å². The molecular formula is C22H27N3O3. The molecule has 148 valence electrons. The van der Waals surface area contributed by atoms with Crippen molar-refractivity contribution in [3.05, 3.63) is 53.1 Å². The summed E-state index contributed by atoms with van der Waals surface area (Å²) in [6.45, 7) is 9.18. The van der Waals surface area contributed by atoms with Crippen LogP contribution in [0.15, 0.2) is 36.4 Å². The predicted octanol–water partition coefficient (Wildman–Crippen LogP) is 3.95. The molecule has 0 heterocycles. The first-order chi connectivity index (χ1) is 13.2. The number of carbonyl (C=O) groups is 3. The summed E-state index contributed by atoms with van der Waals surface area (Å²) in [7, 11) is 0. The van der Waals surface area contributed by atoms with Crippen molar-refractivity contribution in [2.24, 2.45) is 0 Å². The maximum Gasteiger partial charge on any atom is 0.226 e. The van der Waals surface area contributed by atoms with Crippen LogP contribution < -0.4 is 15.5 Å². The van der Waals surface area contributed by atoms with Gasteiger partial charge in [-0.1, -0.05) is 23.8 Å². The molecule has 0 saturated heterocycles. The standard InChI is InChI=1S/C22H27N3O3/c1-14-11-15(2)22(16(3)12-14)25(18(5)27)10-9-21(28)24-20-8-6-7-19(13-20)23-17(4)26/h6-8,11-13H,9-10H2,1-5H3,(H,23,26)(H,24,28). The zero-order valence-corrected chi connectivity index (χ0v) is 17.1. The normalized spacial score (nSPS) is 10.3. The minimum Gasteiger partial charge on any atom is -0.326 e. The van der Waals surface area contributed by atoms with Crippen molar-refractivity contribution in [3.63, 3.8) is 0 Å². The van der Waals surface area contributed by atoms with Gasteiger partial charge in [-0.2, -0.15) is 0 Å². The summed E-state index contributed by atoms with van der Waals surface area (Å²) in [5.74, 6) is -0.478. The molecule has 2 N–H and O–H groups in total. The number of benzene rings is 2. The van der Waals surface area contributed by atoms with Crippen LogP contribution in [0.5, 0.6) is 0 Å². The molecule has 0 radical (unpaired) electrons. The number of carbonyl (C=O) groups excluding carboxylic acids is 3. The first-order valence-electron chi connectivity index (χ1n) is 9.21. The zero-order valence-electron chi connectivity index (χ0n) is 17.1. The molecule has 3 amide bonds. The van der Waals surface area contributed by atoms with Gasteiger partial charge in [0.05, 0.1) is 0 Å². The molecule has 0 unspecified atom stereocenters. The fourth-order valence-corrected chi connectivity index (χ4v) is 3.34. The van der Waals surface area contributed by atoms with E-state index in [1.807, 2.05) is 32.9 Å². The summed E-state index contributed by atoms with van der Waals surface area (Å²) >= 11 is 0. The van der Waals surface area contributed by atoms with Crippen molar-refractivity contribution < 1.29 is 14.4 Å². The second-order valence-electron chi connectivity index (χ2n) is 6.98. The SMILES string of the molecule is CC(=O)Nc1cccc(NC(=O)CCN(C(C)=O)c2c(C)cc(C)cc2C)c1. The molecule has 0 aliphatic carbocycles. The Morgan fingerprint density at radius 2 is 1.46 bits per heavy atom. The Morgan fingerprint density at radius 3 is 2.00 bits per heavy atom. The molecule has 0 aliphatic heterocycles. The number of nitrogens with zero attached hydrogens (tertiary/aromatic N) is 1. The second kappa shape index (κ2) is 9.17. The fraction of sp³-hybridized carbons (Fsp3) is 0.318. The highest BCUT2D eigenvalue weighted by Crippen LogP contribution is 2.27. The van der Waals surface area contributed by atoms with Crippen molar-refractivity contribution >= 4 is 34.8 Å². The summed E-state index contributed by atoms with van der Waals surface area (Å²) in [6.07, 6.45) is 0.163. The van der Waals surface area contributed by atoms with Crippen molar-refractivity contribution in [2.45, 2.75) is 41.0 Å². The van der Waals surface area contributed by atoms with Crippen molar-refractivity contribution in [3.8, 4) is 0 Å². The van der Waals surface area contributed by atoms with Crippen LogP contribution in [0.3, 0.4) is 0 Å². The van der Waals surface area contributed by atoms with Crippen LogP contribution in [0.1, 0.15) is 37.0 Å². The Balaban J connectivity index is 2.08. The Labute approximate surface area is 165 Å². The van der Waals surface area contributed by atoms with Gasteiger partial charge >= 0.3 is 0 Å². The molecule has 0 aromatic heterocycles. The molecular weight excluding hydrogens is 354 g/mol. The van der Waals surface area contributed by atoms with Crippen LogP contribution in [0, 0.1) is 20.8 Å². The van der Waals surface area contributed by atoms with Gasteiger partial charge in [-0.3, -0.25) is 14.4 Å². The highest BCUT2D eigenvalue weighted by atomic mass is 16.2. The van der Waals surface area contributed by atoms with Gasteiger partial charge in [0.25, 0.3) is 0 Å². The summed E-state index contributed by atoms with van der Waals surface area (Å²) in [5, 5.41) is 5.49. The molecule has 2 aromatic carbocycles. The van der Waals surface area contributed by atoms with E-state index >= 15 is 0 Å². The molecule has 0 atom stereocenters. The number of amides is 3. The van der Waals surface area contributed by atoms with Crippen LogP contribution in [0.25, 0.3) is 0 Å². The van der Waals surface area contributed by atoms with Gasteiger partial charge in [0.15, 0.2) is 0 Å². The lowest BCUT2D eigenvalue weighted by atomic mass is 10.0. The lowest BCUT2D eigenvalue weighted by Crippen LogP contribution is -2.33. The van der Waals surface area contributed by atoms with E-state index in [1.54, 1.807) is 29.2 Å². The van der Waals surface area contributed by atoms with Gasteiger partial charge in [-0.25, -0.2) is 0 Å². The van der Waals surface area contributed by atoms with E-state index in [0.29, 0.717) is 11.4 Å². The summed E-state index contributed by atoms with van der Waals surface area (Å²) in [5.41, 5.74) is 5.22. The van der Waals surface area contributed by atoms with E-state index in [9.17, 15) is 14.4 Å². The Bertz CT molecular complexity index is 883. The van der Waals surface area contributed by atoms with Crippen molar-refractivity contribution in [1.82, 2.24) is 0 Å². The van der Waals surface area contributed by atoms with Crippen LogP contribution in [-0.4, -0.2) is 24.3 Å². The van der Waals surface area contributed by atoms with Crippen molar-refractivity contribution in [1.29, 1.82) is 0 Å². The molecule has 2 aromatic rings. The molecule has 6 heteroatoms. The minimum absolute atomic E-state index is 0.101. The maximum atomic E-state index is 12.4. The van der Waals surface area contributed by atoms with Gasteiger partial charge in [-0.15, -0.1) is 0 Å². The molecule has 28 heavy (non-hydrogen) atoms. The van der Waals surface area contributed by atoms with Crippen LogP contribution in [0.4, 0.5) is 17.1 Å². The van der Waals surface area contributed by atoms with E-state index in [4.69, 9.17) is 0 Å². The van der Waals surface area contributed by atoms with Gasteiger partial charge in [0, 0.05) is 43.9 Å². The Hall–Kier alpha value is -3.15. The van der Waals surface area contributed by atoms with E-state index in [1.165, 1.54) is 13.8 Å². The van der Waals surface area contributed by atoms with E-state index < -0.39 is 0 Å². The number of nitrogens with one attached hydrogen (secondary N) is 2. The molecule has 2 rings (SSSR count). The summed E-state index contributed by atoms with van der Waals surface area (Å²) in [4.78, 5) is 37.4. The lowest BCUT2D eigenvalue weighted by Gasteiger charge is -2.25. The molecule has 0 saturated carbocycles. The quantitative estimate of drug-likeness (QED) is 0.795. The first-order valence-corrected chi connectivity index (χ1v) is 9.21. The number of hydrogen-bond donors (Lipinski definition) is 2. The molecule has 6 nitrogen and oxygen atoms in total. The van der Waals surface area contributed by atoms with Crippen LogP contribution >= 0.6 is 0 Å². The average molecular weight is 381 g/mol. The predicted molar refractivity (Wildman–Crippen MR) is 113 cm³/mol. The number of anilines is 3. The number of rotatable bonds is 6. The third-order valence-corrected chi connectivity index (χ3v) is 4.31. The lowest BCUT2D eigenvalue weighted by molar-refractivity contribution is -0.117. The molecule has 0 aliphatic rings. The number of hydrogen-bond acceptors (Lipinski definition) is 3. The summed E-state index contributed by atoms with van der Waals surface area (Å²) in [6, 6.07) is 11.0. The average Bonchev–Trinajstić information content (AvgIpc) is 2.56. The minimum atomic E-state index is -0.200. The Morgan fingerprint density at radius 1 is 0.893 bits per heavy atom. The van der Waals surface area contributed by atoms with Gasteiger partial charge in [-0.05, 0) is 50.1 Å². The van der Waals surface area contributed by atoms with Gasteiger partial charge < -0.3 is 15.5 Å². The van der Waals surface area contributed by atoms with Crippen LogP contribution in [-0.2, 0) is 14.4 Å². The Kier molecular flexibility index (Phi) is 6.93. The smallest absolute Gasteiger partial charge is 0.226 e. The molecule has 0 bridgehead atoms. The van der Waals surface area contributed by atoms with Crippen LogP contribution in [0.2, 0.25) is 0 Å². The van der Waals surface area contributed by atoms with Gasteiger partial charge in [0.1, 0.15) is 0 Å². The monoisotopic (exact) mass is 381 g/mol. The van der Waals surface area contributed by atoms with E-state index in [-0.39, 0.29) is 30.7 Å². The topological polar surface area (TPSA) is 78.5 Å². The van der Waals surface area contributed by atoms with Gasteiger partial charge in [0.2, 0.25) is 17.7 Å². The largest absolute Gasteiger partial charge is 0.326 e. The molecule has 0 spiro atoms.